The van der Waals surface area contributed by atoms with Gasteiger partial charge in [0.05, 0.1) is 5.75 Å². The lowest BCUT2D eigenvalue weighted by atomic mass is 10.1. The van der Waals surface area contributed by atoms with Crippen molar-refractivity contribution in [1.82, 2.24) is 24.9 Å². The first-order valence-electron chi connectivity index (χ1n) is 6.69. The minimum Gasteiger partial charge on any atom is -0.338 e. The van der Waals surface area contributed by atoms with Crippen molar-refractivity contribution < 1.29 is 4.52 Å². The topological polar surface area (TPSA) is 89.6 Å². The van der Waals surface area contributed by atoms with Gasteiger partial charge in [0, 0.05) is 13.0 Å². The summed E-state index contributed by atoms with van der Waals surface area (Å²) >= 11 is 1.42. The summed E-state index contributed by atoms with van der Waals surface area (Å²) in [7, 11) is 0. The number of hydrogen-bond acceptors (Lipinski definition) is 6. The Balaban J connectivity index is 1.98. The van der Waals surface area contributed by atoms with Gasteiger partial charge < -0.3 is 4.52 Å². The van der Waals surface area contributed by atoms with Crippen molar-refractivity contribution in [1.29, 1.82) is 0 Å². The quantitative estimate of drug-likeness (QED) is 0.784. The molecule has 2 aromatic rings. The maximum absolute atomic E-state index is 11.5. The molecule has 0 saturated carbocycles. The molecule has 0 aliphatic heterocycles. The highest BCUT2D eigenvalue weighted by Gasteiger charge is 2.12. The monoisotopic (exact) mass is 297 g/mol. The van der Waals surface area contributed by atoms with E-state index in [9.17, 15) is 4.79 Å². The van der Waals surface area contributed by atoms with E-state index in [1.165, 1.54) is 11.8 Å². The minimum atomic E-state index is -0.180. The van der Waals surface area contributed by atoms with E-state index in [4.69, 9.17) is 4.52 Å². The van der Waals surface area contributed by atoms with E-state index < -0.39 is 0 Å². The van der Waals surface area contributed by atoms with Crippen LogP contribution in [0, 0.1) is 5.92 Å². The van der Waals surface area contributed by atoms with Crippen molar-refractivity contribution >= 4 is 11.8 Å². The summed E-state index contributed by atoms with van der Waals surface area (Å²) in [6, 6.07) is 0. The molecule has 7 nitrogen and oxygen atoms in total. The zero-order chi connectivity index (χ0) is 14.5. The molecule has 2 heterocycles. The van der Waals surface area contributed by atoms with Gasteiger partial charge in [-0.15, -0.1) is 5.10 Å². The molecule has 2 rings (SSSR count). The van der Waals surface area contributed by atoms with Crippen LogP contribution in [0.15, 0.2) is 14.5 Å². The Morgan fingerprint density at radius 3 is 2.95 bits per heavy atom. The number of hydrogen-bond donors (Lipinski definition) is 1. The first-order chi connectivity index (χ1) is 9.60. The van der Waals surface area contributed by atoms with Crippen LogP contribution in [0.1, 0.15) is 38.9 Å². The van der Waals surface area contributed by atoms with Crippen molar-refractivity contribution in [2.24, 2.45) is 5.92 Å². The Bertz CT molecular complexity index is 601. The first kappa shape index (κ1) is 14.8. The Hall–Kier alpha value is -1.57. The lowest BCUT2D eigenvalue weighted by molar-refractivity contribution is 0.382. The summed E-state index contributed by atoms with van der Waals surface area (Å²) in [5.41, 5.74) is -0.180. The highest BCUT2D eigenvalue weighted by atomic mass is 32.2. The summed E-state index contributed by atoms with van der Waals surface area (Å²) in [4.78, 5) is 15.9. The average molecular weight is 297 g/mol. The van der Waals surface area contributed by atoms with E-state index in [-0.39, 0.29) is 5.69 Å². The number of thioether (sulfide) groups is 1. The lowest BCUT2D eigenvalue weighted by Gasteiger charge is -2.01. The van der Waals surface area contributed by atoms with E-state index in [1.54, 1.807) is 4.57 Å². The minimum absolute atomic E-state index is 0.180. The Morgan fingerprint density at radius 2 is 2.25 bits per heavy atom. The molecular formula is C12H19N5O2S. The predicted molar refractivity (Wildman–Crippen MR) is 75.5 cm³/mol. The maximum atomic E-state index is 11.5. The van der Waals surface area contributed by atoms with Crippen LogP contribution in [0.25, 0.3) is 0 Å². The van der Waals surface area contributed by atoms with Crippen LogP contribution >= 0.6 is 11.8 Å². The fourth-order valence-electron chi connectivity index (χ4n) is 1.76. The number of nitrogens with one attached hydrogen (secondary N) is 1. The number of aromatic amines is 1. The van der Waals surface area contributed by atoms with Gasteiger partial charge in [-0.1, -0.05) is 37.7 Å². The molecule has 0 unspecified atom stereocenters. The van der Waals surface area contributed by atoms with Crippen molar-refractivity contribution in [2.45, 2.75) is 51.1 Å². The molecule has 8 heteroatoms. The molecule has 110 valence electrons. The molecule has 20 heavy (non-hydrogen) atoms. The fraction of sp³-hybridized carbons (Fsp3) is 0.667. The molecule has 2 aromatic heterocycles. The molecule has 0 aliphatic rings. The third-order valence-corrected chi connectivity index (χ3v) is 3.56. The van der Waals surface area contributed by atoms with Gasteiger partial charge in [0.15, 0.2) is 11.0 Å². The van der Waals surface area contributed by atoms with E-state index >= 15 is 0 Å². The van der Waals surface area contributed by atoms with Crippen LogP contribution in [0.3, 0.4) is 0 Å². The van der Waals surface area contributed by atoms with Crippen LogP contribution in [0.5, 0.6) is 0 Å². The smallest absolute Gasteiger partial charge is 0.338 e. The molecule has 0 saturated heterocycles. The third kappa shape index (κ3) is 3.72. The van der Waals surface area contributed by atoms with Crippen LogP contribution in [-0.4, -0.2) is 24.9 Å². The Labute approximate surface area is 121 Å². The van der Waals surface area contributed by atoms with Crippen molar-refractivity contribution in [3.8, 4) is 0 Å². The first-order valence-corrected chi connectivity index (χ1v) is 7.68. The largest absolute Gasteiger partial charge is 0.343 e. The number of nitrogens with zero attached hydrogens (tertiary/aromatic N) is 4. The molecule has 0 spiro atoms. The molecular weight excluding hydrogens is 278 g/mol. The van der Waals surface area contributed by atoms with Crippen molar-refractivity contribution in [3.63, 3.8) is 0 Å². The second kappa shape index (κ2) is 6.74. The normalized spacial score (nSPS) is 11.4. The molecule has 0 radical (unpaired) electrons. The number of H-pyrrole nitrogens is 1. The van der Waals surface area contributed by atoms with E-state index in [0.29, 0.717) is 29.3 Å². The van der Waals surface area contributed by atoms with Gasteiger partial charge in [0.1, 0.15) is 0 Å². The SMILES string of the molecule is CCCn1c(SCc2nc(CC(C)C)no2)n[nH]c1=O. The summed E-state index contributed by atoms with van der Waals surface area (Å²) < 4.78 is 6.81. The van der Waals surface area contributed by atoms with Crippen molar-refractivity contribution in [2.75, 3.05) is 0 Å². The van der Waals surface area contributed by atoms with Gasteiger partial charge in [-0.25, -0.2) is 9.89 Å². The Morgan fingerprint density at radius 1 is 1.45 bits per heavy atom. The van der Waals surface area contributed by atoms with Gasteiger partial charge in [-0.05, 0) is 12.3 Å². The molecule has 0 aliphatic carbocycles. The number of rotatable bonds is 7. The lowest BCUT2D eigenvalue weighted by Crippen LogP contribution is -2.17. The van der Waals surface area contributed by atoms with E-state index in [0.717, 1.165) is 18.7 Å². The maximum Gasteiger partial charge on any atom is 0.343 e. The number of aromatic nitrogens is 5. The molecule has 0 aromatic carbocycles. The van der Waals surface area contributed by atoms with Crippen LogP contribution in [0.2, 0.25) is 0 Å². The summed E-state index contributed by atoms with van der Waals surface area (Å²) in [5.74, 6) is 2.29. The fourth-order valence-corrected chi connectivity index (χ4v) is 2.57. The van der Waals surface area contributed by atoms with E-state index in [2.05, 4.69) is 34.2 Å². The highest BCUT2D eigenvalue weighted by Crippen LogP contribution is 2.19. The summed E-state index contributed by atoms with van der Waals surface area (Å²) in [5, 5.41) is 11.1. The Kier molecular flexibility index (Phi) is 4.99. The zero-order valence-electron chi connectivity index (χ0n) is 11.9. The van der Waals surface area contributed by atoms with Gasteiger partial charge >= 0.3 is 5.69 Å². The summed E-state index contributed by atoms with van der Waals surface area (Å²) in [6.45, 7) is 6.89. The van der Waals surface area contributed by atoms with Gasteiger partial charge in [-0.3, -0.25) is 4.57 Å². The summed E-state index contributed by atoms with van der Waals surface area (Å²) in [6.07, 6.45) is 1.68. The second-order valence-electron chi connectivity index (χ2n) is 4.95. The predicted octanol–water partition coefficient (Wildman–Crippen LogP) is 1.86. The van der Waals surface area contributed by atoms with Gasteiger partial charge in [0.2, 0.25) is 5.89 Å². The van der Waals surface area contributed by atoms with Gasteiger partial charge in [-0.2, -0.15) is 4.98 Å². The standard InChI is InChI=1S/C12H19N5O2S/c1-4-5-17-11(18)14-15-12(17)20-7-10-13-9(16-19-10)6-8(2)3/h8H,4-7H2,1-3H3,(H,14,18). The highest BCUT2D eigenvalue weighted by molar-refractivity contribution is 7.98. The molecule has 0 fully saturated rings. The van der Waals surface area contributed by atoms with Gasteiger partial charge in [0.25, 0.3) is 0 Å². The average Bonchev–Trinajstić information content (AvgIpc) is 2.96. The molecule has 1 N–H and O–H groups in total. The van der Waals surface area contributed by atoms with Crippen LogP contribution in [0.4, 0.5) is 0 Å². The van der Waals surface area contributed by atoms with E-state index in [1.807, 2.05) is 6.92 Å². The van der Waals surface area contributed by atoms with Crippen LogP contribution in [-0.2, 0) is 18.7 Å². The second-order valence-corrected chi connectivity index (χ2v) is 5.90. The zero-order valence-corrected chi connectivity index (χ0v) is 12.7. The molecule has 0 amide bonds. The van der Waals surface area contributed by atoms with Crippen LogP contribution < -0.4 is 5.69 Å². The molecule has 0 atom stereocenters. The third-order valence-electron chi connectivity index (χ3n) is 2.60. The van der Waals surface area contributed by atoms with Crippen molar-refractivity contribution in [3.05, 3.63) is 22.2 Å². The molecule has 0 bridgehead atoms.